The maximum Gasteiger partial charge on any atom is 0.124 e. The van der Waals surface area contributed by atoms with E-state index in [1.54, 1.807) is 7.11 Å². The summed E-state index contributed by atoms with van der Waals surface area (Å²) in [5, 5.41) is 0.684. The number of para-hydroxylation sites is 1. The molecule has 3 nitrogen and oxygen atoms in total. The number of methoxy groups -OCH3 is 1. The molecule has 2 aromatic rings. The number of fused-ring (bicyclic) bond motifs is 1. The van der Waals surface area contributed by atoms with Crippen LogP contribution in [0.15, 0.2) is 18.2 Å². The molecule has 0 atom stereocenters. The highest BCUT2D eigenvalue weighted by Gasteiger charge is 2.22. The molecule has 5 heteroatoms. The molecule has 0 radical (unpaired) electrons. The number of nitrogens with zero attached hydrogens (tertiary/aromatic N) is 2. The van der Waals surface area contributed by atoms with Crippen LogP contribution in [-0.2, 0) is 17.2 Å². The lowest BCUT2D eigenvalue weighted by Gasteiger charge is -2.24. The van der Waals surface area contributed by atoms with Gasteiger partial charge in [0.1, 0.15) is 5.82 Å². The molecule has 1 aromatic heterocycles. The lowest BCUT2D eigenvalue weighted by atomic mass is 10.1. The standard InChI is InChI=1S/C13H16Cl2N2O/c1-13(2,18-3)8-17-11(7-14)16-10-6-4-5-9(15)12(10)17/h4-6H,7-8H2,1-3H3. The van der Waals surface area contributed by atoms with Gasteiger partial charge in [0.25, 0.3) is 0 Å². The summed E-state index contributed by atoms with van der Waals surface area (Å²) in [6.07, 6.45) is 0. The molecule has 1 heterocycles. The topological polar surface area (TPSA) is 27.1 Å². The predicted molar refractivity (Wildman–Crippen MR) is 75.4 cm³/mol. The molecule has 0 bridgehead atoms. The van der Waals surface area contributed by atoms with E-state index in [1.807, 2.05) is 36.6 Å². The van der Waals surface area contributed by atoms with Gasteiger partial charge in [-0.3, -0.25) is 0 Å². The van der Waals surface area contributed by atoms with Gasteiger partial charge in [0.05, 0.1) is 34.1 Å². The fourth-order valence-corrected chi connectivity index (χ4v) is 2.38. The Bertz CT molecular complexity index is 563. The Labute approximate surface area is 117 Å². The van der Waals surface area contributed by atoms with Crippen LogP contribution in [0, 0.1) is 0 Å². The third kappa shape index (κ3) is 2.48. The lowest BCUT2D eigenvalue weighted by Crippen LogP contribution is -2.29. The van der Waals surface area contributed by atoms with E-state index >= 15 is 0 Å². The molecule has 18 heavy (non-hydrogen) atoms. The van der Waals surface area contributed by atoms with Crippen LogP contribution in [0.3, 0.4) is 0 Å². The van der Waals surface area contributed by atoms with Crippen molar-refractivity contribution in [3.63, 3.8) is 0 Å². The number of hydrogen-bond acceptors (Lipinski definition) is 2. The van der Waals surface area contributed by atoms with E-state index in [1.165, 1.54) is 0 Å². The van der Waals surface area contributed by atoms with Crippen LogP contribution in [0.4, 0.5) is 0 Å². The summed E-state index contributed by atoms with van der Waals surface area (Å²) in [5.41, 5.74) is 1.48. The molecule has 2 rings (SSSR count). The first kappa shape index (κ1) is 13.7. The maximum absolute atomic E-state index is 6.26. The van der Waals surface area contributed by atoms with E-state index in [9.17, 15) is 0 Å². The van der Waals surface area contributed by atoms with Gasteiger partial charge in [-0.25, -0.2) is 4.98 Å². The van der Waals surface area contributed by atoms with Gasteiger partial charge >= 0.3 is 0 Å². The molecule has 0 aliphatic heterocycles. The quantitative estimate of drug-likeness (QED) is 0.798. The van der Waals surface area contributed by atoms with E-state index in [4.69, 9.17) is 27.9 Å². The van der Waals surface area contributed by atoms with Gasteiger partial charge in [0.15, 0.2) is 0 Å². The number of aromatic nitrogens is 2. The smallest absolute Gasteiger partial charge is 0.124 e. The average molecular weight is 287 g/mol. The molecule has 1 aromatic carbocycles. The highest BCUT2D eigenvalue weighted by atomic mass is 35.5. The van der Waals surface area contributed by atoms with Gasteiger partial charge in [0, 0.05) is 7.11 Å². The van der Waals surface area contributed by atoms with Crippen molar-refractivity contribution in [2.24, 2.45) is 0 Å². The fourth-order valence-electron chi connectivity index (χ4n) is 1.91. The van der Waals surface area contributed by atoms with Crippen molar-refractivity contribution < 1.29 is 4.74 Å². The van der Waals surface area contributed by atoms with Gasteiger partial charge < -0.3 is 9.30 Å². The maximum atomic E-state index is 6.26. The first-order valence-electron chi connectivity index (χ1n) is 5.73. The predicted octanol–water partition coefficient (Wildman–Crippen LogP) is 3.85. The van der Waals surface area contributed by atoms with Crippen molar-refractivity contribution in [2.45, 2.75) is 31.9 Å². The molecule has 0 spiro atoms. The second-order valence-corrected chi connectivity index (χ2v) is 5.49. The van der Waals surface area contributed by atoms with Crippen LogP contribution in [-0.4, -0.2) is 22.3 Å². The van der Waals surface area contributed by atoms with Crippen LogP contribution in [0.5, 0.6) is 0 Å². The molecular formula is C13H16Cl2N2O. The van der Waals surface area contributed by atoms with Crippen molar-refractivity contribution >= 4 is 34.2 Å². The van der Waals surface area contributed by atoms with Crippen molar-refractivity contribution in [1.82, 2.24) is 9.55 Å². The van der Waals surface area contributed by atoms with Crippen molar-refractivity contribution in [2.75, 3.05) is 7.11 Å². The molecular weight excluding hydrogens is 271 g/mol. The van der Waals surface area contributed by atoms with Gasteiger partial charge in [-0.05, 0) is 26.0 Å². The molecule has 0 N–H and O–H groups in total. The second-order valence-electron chi connectivity index (χ2n) is 4.82. The number of hydrogen-bond donors (Lipinski definition) is 0. The fraction of sp³-hybridized carbons (Fsp3) is 0.462. The minimum absolute atomic E-state index is 0.298. The Hall–Kier alpha value is -0.770. The number of benzene rings is 1. The third-order valence-corrected chi connectivity index (χ3v) is 3.55. The molecule has 0 fully saturated rings. The number of rotatable bonds is 4. The first-order chi connectivity index (χ1) is 8.48. The normalized spacial score (nSPS) is 12.3. The van der Waals surface area contributed by atoms with E-state index in [0.717, 1.165) is 16.9 Å². The van der Waals surface area contributed by atoms with Crippen LogP contribution in [0.25, 0.3) is 11.0 Å². The van der Waals surface area contributed by atoms with Crippen molar-refractivity contribution in [3.05, 3.63) is 29.0 Å². The largest absolute Gasteiger partial charge is 0.377 e. The van der Waals surface area contributed by atoms with E-state index in [2.05, 4.69) is 4.98 Å². The second kappa shape index (κ2) is 5.08. The van der Waals surface area contributed by atoms with Crippen LogP contribution < -0.4 is 0 Å². The summed E-state index contributed by atoms with van der Waals surface area (Å²) in [4.78, 5) is 4.50. The molecule has 0 saturated carbocycles. The SMILES string of the molecule is COC(C)(C)Cn1c(CCl)nc2cccc(Cl)c21. The molecule has 0 saturated heterocycles. The average Bonchev–Trinajstić information content (AvgIpc) is 2.68. The lowest BCUT2D eigenvalue weighted by molar-refractivity contribution is 0.00855. The number of alkyl halides is 1. The zero-order chi connectivity index (χ0) is 13.3. The van der Waals surface area contributed by atoms with E-state index in [-0.39, 0.29) is 5.60 Å². The van der Waals surface area contributed by atoms with Crippen molar-refractivity contribution in [3.8, 4) is 0 Å². The Balaban J connectivity index is 2.60. The summed E-state index contributed by atoms with van der Waals surface area (Å²) in [6.45, 7) is 4.70. The number of ether oxygens (including phenoxy) is 1. The Morgan fingerprint density at radius 2 is 2.11 bits per heavy atom. The monoisotopic (exact) mass is 286 g/mol. The van der Waals surface area contributed by atoms with E-state index in [0.29, 0.717) is 17.4 Å². The van der Waals surface area contributed by atoms with Gasteiger partial charge in [0.2, 0.25) is 0 Å². The van der Waals surface area contributed by atoms with Crippen LogP contribution in [0.1, 0.15) is 19.7 Å². The summed E-state index contributed by atoms with van der Waals surface area (Å²) in [5.74, 6) is 1.16. The highest BCUT2D eigenvalue weighted by molar-refractivity contribution is 6.35. The molecule has 98 valence electrons. The zero-order valence-electron chi connectivity index (χ0n) is 10.7. The van der Waals surface area contributed by atoms with Gasteiger partial charge in [-0.15, -0.1) is 11.6 Å². The summed E-state index contributed by atoms with van der Waals surface area (Å²) >= 11 is 12.2. The Morgan fingerprint density at radius 1 is 1.39 bits per heavy atom. The number of halogens is 2. The highest BCUT2D eigenvalue weighted by Crippen LogP contribution is 2.27. The van der Waals surface area contributed by atoms with E-state index < -0.39 is 0 Å². The van der Waals surface area contributed by atoms with Gasteiger partial charge in [-0.2, -0.15) is 0 Å². The molecule has 0 unspecified atom stereocenters. The summed E-state index contributed by atoms with van der Waals surface area (Å²) in [6, 6.07) is 5.69. The summed E-state index contributed by atoms with van der Waals surface area (Å²) < 4.78 is 7.50. The zero-order valence-corrected chi connectivity index (χ0v) is 12.2. The molecule has 0 aliphatic carbocycles. The number of imidazole rings is 1. The summed E-state index contributed by atoms with van der Waals surface area (Å²) in [7, 11) is 1.70. The minimum Gasteiger partial charge on any atom is -0.377 e. The Morgan fingerprint density at radius 3 is 2.72 bits per heavy atom. The third-order valence-electron chi connectivity index (χ3n) is 3.01. The molecule has 0 aliphatic rings. The van der Waals surface area contributed by atoms with Crippen molar-refractivity contribution in [1.29, 1.82) is 0 Å². The minimum atomic E-state index is -0.298. The van der Waals surface area contributed by atoms with Crippen LogP contribution >= 0.6 is 23.2 Å². The van der Waals surface area contributed by atoms with Crippen LogP contribution in [0.2, 0.25) is 5.02 Å². The van der Waals surface area contributed by atoms with Gasteiger partial charge in [-0.1, -0.05) is 17.7 Å². The molecule has 0 amide bonds. The Kier molecular flexibility index (Phi) is 3.85. The first-order valence-corrected chi connectivity index (χ1v) is 6.64.